The van der Waals surface area contributed by atoms with Crippen LogP contribution in [-0.2, 0) is 6.42 Å². The fourth-order valence-corrected chi connectivity index (χ4v) is 2.69. The average molecular weight is 272 g/mol. The smallest absolute Gasteiger partial charge is 0.00194 e. The lowest BCUT2D eigenvalue weighted by atomic mass is 9.99. The van der Waals surface area contributed by atoms with Crippen molar-refractivity contribution in [1.29, 1.82) is 0 Å². The fraction of sp³-hybridized carbons (Fsp3) is 0.143. The average Bonchev–Trinajstić information content (AvgIpc) is 2.90. The highest BCUT2D eigenvalue weighted by Crippen LogP contribution is 2.30. The van der Waals surface area contributed by atoms with E-state index >= 15 is 0 Å². The first-order chi connectivity index (χ1) is 10.3. The van der Waals surface area contributed by atoms with Crippen molar-refractivity contribution >= 4 is 6.08 Å². The lowest BCUT2D eigenvalue weighted by molar-refractivity contribution is 1.25. The van der Waals surface area contributed by atoms with Crippen molar-refractivity contribution in [3.8, 4) is 11.1 Å². The normalized spacial score (nSPS) is 13.9. The lowest BCUT2D eigenvalue weighted by Gasteiger charge is -2.05. The predicted octanol–water partition coefficient (Wildman–Crippen LogP) is 5.73. The van der Waals surface area contributed by atoms with Gasteiger partial charge < -0.3 is 0 Å². The Kier molecular flexibility index (Phi) is 3.87. The molecule has 0 spiro atoms. The van der Waals surface area contributed by atoms with Crippen LogP contribution in [0.3, 0.4) is 0 Å². The molecule has 0 unspecified atom stereocenters. The summed E-state index contributed by atoms with van der Waals surface area (Å²) in [7, 11) is 0. The zero-order chi connectivity index (χ0) is 14.7. The summed E-state index contributed by atoms with van der Waals surface area (Å²) in [5.41, 5.74) is 8.06. The number of allylic oxidation sites excluding steroid dienone is 5. The van der Waals surface area contributed by atoms with E-state index in [0.717, 1.165) is 6.42 Å². The summed E-state index contributed by atoms with van der Waals surface area (Å²) in [6.45, 7) is 4.16. The van der Waals surface area contributed by atoms with Gasteiger partial charge in [0.25, 0.3) is 0 Å². The molecule has 0 heterocycles. The van der Waals surface area contributed by atoms with Gasteiger partial charge in [0.2, 0.25) is 0 Å². The molecule has 1 aliphatic rings. The van der Waals surface area contributed by atoms with E-state index in [1.165, 1.54) is 33.4 Å². The van der Waals surface area contributed by atoms with Gasteiger partial charge in [0.1, 0.15) is 0 Å². The van der Waals surface area contributed by atoms with Gasteiger partial charge in [0, 0.05) is 0 Å². The summed E-state index contributed by atoms with van der Waals surface area (Å²) in [5, 5.41) is 0. The zero-order valence-electron chi connectivity index (χ0n) is 12.6. The van der Waals surface area contributed by atoms with Crippen molar-refractivity contribution in [2.45, 2.75) is 20.3 Å². The van der Waals surface area contributed by atoms with Gasteiger partial charge in [-0.1, -0.05) is 78.4 Å². The van der Waals surface area contributed by atoms with Gasteiger partial charge in [-0.2, -0.15) is 0 Å². The Hall–Kier alpha value is -2.34. The van der Waals surface area contributed by atoms with Crippen LogP contribution in [0.1, 0.15) is 23.6 Å². The zero-order valence-corrected chi connectivity index (χ0v) is 12.6. The third-order valence-electron chi connectivity index (χ3n) is 3.88. The van der Waals surface area contributed by atoms with Crippen molar-refractivity contribution in [3.63, 3.8) is 0 Å². The molecule has 21 heavy (non-hydrogen) atoms. The first-order valence-corrected chi connectivity index (χ1v) is 7.46. The Bertz CT molecular complexity index is 725. The molecule has 0 atom stereocenters. The van der Waals surface area contributed by atoms with Crippen LogP contribution in [0.4, 0.5) is 0 Å². The fourth-order valence-electron chi connectivity index (χ4n) is 2.69. The topological polar surface area (TPSA) is 0 Å². The minimum Gasteiger partial charge on any atom is -0.0877 e. The lowest BCUT2D eigenvalue weighted by Crippen LogP contribution is -1.86. The number of hydrogen-bond donors (Lipinski definition) is 0. The van der Waals surface area contributed by atoms with Crippen LogP contribution in [0, 0.1) is 6.92 Å². The highest BCUT2D eigenvalue weighted by molar-refractivity contribution is 5.73. The van der Waals surface area contributed by atoms with Crippen LogP contribution >= 0.6 is 0 Å². The SMILES string of the molecule is C/C=C\C=C/C1=Cc2ccc(-c3ccc(C)cc3)cc2C1. The molecule has 0 bridgehead atoms. The largest absolute Gasteiger partial charge is 0.0877 e. The van der Waals surface area contributed by atoms with Crippen LogP contribution in [0.25, 0.3) is 17.2 Å². The molecule has 0 aliphatic heterocycles. The molecule has 0 heteroatoms. The molecule has 0 aromatic heterocycles. The summed E-state index contributed by atoms with van der Waals surface area (Å²) in [4.78, 5) is 0. The molecule has 0 N–H and O–H groups in total. The van der Waals surface area contributed by atoms with Gasteiger partial charge in [-0.15, -0.1) is 0 Å². The van der Waals surface area contributed by atoms with E-state index in [2.05, 4.69) is 79.8 Å². The summed E-state index contributed by atoms with van der Waals surface area (Å²) in [6.07, 6.45) is 11.7. The Morgan fingerprint density at radius 2 is 1.67 bits per heavy atom. The summed E-state index contributed by atoms with van der Waals surface area (Å²) in [6, 6.07) is 15.5. The van der Waals surface area contributed by atoms with Crippen LogP contribution in [0.15, 0.2) is 72.3 Å². The third-order valence-corrected chi connectivity index (χ3v) is 3.88. The molecule has 3 rings (SSSR count). The minimum absolute atomic E-state index is 1.03. The number of aryl methyl sites for hydroxylation is 1. The van der Waals surface area contributed by atoms with Crippen molar-refractivity contribution in [2.24, 2.45) is 0 Å². The molecule has 2 aromatic carbocycles. The van der Waals surface area contributed by atoms with Gasteiger partial charge in [-0.05, 0) is 48.1 Å². The van der Waals surface area contributed by atoms with Crippen LogP contribution in [0.2, 0.25) is 0 Å². The van der Waals surface area contributed by atoms with Gasteiger partial charge in [-0.3, -0.25) is 0 Å². The van der Waals surface area contributed by atoms with E-state index in [9.17, 15) is 0 Å². The Morgan fingerprint density at radius 1 is 0.905 bits per heavy atom. The van der Waals surface area contributed by atoms with E-state index in [1.54, 1.807) is 0 Å². The summed E-state index contributed by atoms with van der Waals surface area (Å²) >= 11 is 0. The molecule has 0 saturated carbocycles. The third kappa shape index (κ3) is 3.05. The van der Waals surface area contributed by atoms with Crippen molar-refractivity contribution in [1.82, 2.24) is 0 Å². The Labute approximate surface area is 127 Å². The molecular formula is C21H20. The molecule has 0 amide bonds. The summed E-state index contributed by atoms with van der Waals surface area (Å²) in [5.74, 6) is 0. The molecule has 0 radical (unpaired) electrons. The number of fused-ring (bicyclic) bond motifs is 1. The van der Waals surface area contributed by atoms with E-state index in [-0.39, 0.29) is 0 Å². The van der Waals surface area contributed by atoms with Crippen LogP contribution in [0.5, 0.6) is 0 Å². The summed E-state index contributed by atoms with van der Waals surface area (Å²) < 4.78 is 0. The maximum absolute atomic E-state index is 2.33. The number of benzene rings is 2. The quantitative estimate of drug-likeness (QED) is 0.625. The van der Waals surface area contributed by atoms with Gasteiger partial charge in [0.15, 0.2) is 0 Å². The monoisotopic (exact) mass is 272 g/mol. The van der Waals surface area contributed by atoms with E-state index in [4.69, 9.17) is 0 Å². The predicted molar refractivity (Wildman–Crippen MR) is 92.3 cm³/mol. The van der Waals surface area contributed by atoms with Crippen molar-refractivity contribution < 1.29 is 0 Å². The van der Waals surface area contributed by atoms with Crippen LogP contribution in [-0.4, -0.2) is 0 Å². The molecule has 2 aromatic rings. The first kappa shape index (κ1) is 13.6. The highest BCUT2D eigenvalue weighted by atomic mass is 14.2. The maximum Gasteiger partial charge on any atom is -0.00194 e. The molecule has 0 saturated heterocycles. The first-order valence-electron chi connectivity index (χ1n) is 7.46. The second-order valence-electron chi connectivity index (χ2n) is 5.56. The van der Waals surface area contributed by atoms with Crippen molar-refractivity contribution in [2.75, 3.05) is 0 Å². The Balaban J connectivity index is 1.84. The van der Waals surface area contributed by atoms with E-state index in [0.29, 0.717) is 0 Å². The van der Waals surface area contributed by atoms with Crippen molar-refractivity contribution in [3.05, 3.63) is 89.0 Å². The molecule has 0 fully saturated rings. The molecule has 1 aliphatic carbocycles. The molecule has 104 valence electrons. The van der Waals surface area contributed by atoms with E-state index < -0.39 is 0 Å². The minimum atomic E-state index is 1.03. The van der Waals surface area contributed by atoms with Crippen LogP contribution < -0.4 is 0 Å². The Morgan fingerprint density at radius 3 is 2.43 bits per heavy atom. The number of rotatable bonds is 3. The molecular weight excluding hydrogens is 252 g/mol. The highest BCUT2D eigenvalue weighted by Gasteiger charge is 2.11. The molecule has 0 nitrogen and oxygen atoms in total. The number of hydrogen-bond acceptors (Lipinski definition) is 0. The van der Waals surface area contributed by atoms with Gasteiger partial charge in [0.05, 0.1) is 0 Å². The van der Waals surface area contributed by atoms with E-state index in [1.807, 2.05) is 6.92 Å². The maximum atomic E-state index is 2.33. The van der Waals surface area contributed by atoms with Gasteiger partial charge >= 0.3 is 0 Å². The second kappa shape index (κ2) is 5.97. The van der Waals surface area contributed by atoms with Gasteiger partial charge in [-0.25, -0.2) is 0 Å². The second-order valence-corrected chi connectivity index (χ2v) is 5.56. The standard InChI is InChI=1S/C21H20/c1-3-4-5-6-17-13-19-11-12-20(15-21(19)14-17)18-9-7-16(2)8-10-18/h3-13,15H,14H2,1-2H3/b4-3-,6-5-.